The number of carbonyl (C=O) groups is 3. The van der Waals surface area contributed by atoms with E-state index in [-0.39, 0.29) is 23.7 Å². The number of nitriles is 1. The van der Waals surface area contributed by atoms with Crippen molar-refractivity contribution in [1.29, 1.82) is 5.26 Å². The lowest BCUT2D eigenvalue weighted by Crippen LogP contribution is -2.51. The maximum absolute atomic E-state index is 13.1. The first kappa shape index (κ1) is 24.6. The summed E-state index contributed by atoms with van der Waals surface area (Å²) in [4.78, 5) is 41.1. The molecular weight excluding hydrogens is 442 g/mol. The highest BCUT2D eigenvalue weighted by molar-refractivity contribution is 6.35. The number of H-pyrrole nitrogens is 1. The van der Waals surface area contributed by atoms with Crippen molar-refractivity contribution in [3.05, 3.63) is 35.0 Å². The van der Waals surface area contributed by atoms with Crippen molar-refractivity contribution in [3.8, 4) is 6.07 Å². The highest BCUT2D eigenvalue weighted by Crippen LogP contribution is 2.25. The molecule has 176 valence electrons. The summed E-state index contributed by atoms with van der Waals surface area (Å²) in [5, 5.41) is 19.2. The predicted molar refractivity (Wildman–Crippen MR) is 127 cm³/mol. The van der Waals surface area contributed by atoms with E-state index in [1.165, 1.54) is 0 Å². The number of fused-ring (bicyclic) bond motifs is 1. The maximum atomic E-state index is 13.1. The van der Waals surface area contributed by atoms with E-state index in [9.17, 15) is 19.6 Å². The third-order valence-corrected chi connectivity index (χ3v) is 6.00. The summed E-state index contributed by atoms with van der Waals surface area (Å²) in [6.07, 6.45) is 2.14. The summed E-state index contributed by atoms with van der Waals surface area (Å²) in [6, 6.07) is 7.46. The second-order valence-electron chi connectivity index (χ2n) is 9.73. The number of halogens is 1. The van der Waals surface area contributed by atoms with Crippen molar-refractivity contribution in [2.24, 2.45) is 11.3 Å². The van der Waals surface area contributed by atoms with Crippen LogP contribution in [0.15, 0.2) is 24.3 Å². The summed E-state index contributed by atoms with van der Waals surface area (Å²) in [5.74, 6) is -1.29. The Morgan fingerprint density at radius 3 is 2.70 bits per heavy atom. The summed E-state index contributed by atoms with van der Waals surface area (Å²) in [5.41, 5.74) is 0.682. The molecule has 33 heavy (non-hydrogen) atoms. The number of amides is 3. The van der Waals surface area contributed by atoms with Gasteiger partial charge in [-0.3, -0.25) is 14.4 Å². The fraction of sp³-hybridized carbons (Fsp3) is 0.500. The van der Waals surface area contributed by atoms with E-state index in [0.717, 1.165) is 11.8 Å². The topological polar surface area (TPSA) is 127 Å². The van der Waals surface area contributed by atoms with E-state index in [0.29, 0.717) is 35.6 Å². The zero-order valence-electron chi connectivity index (χ0n) is 19.1. The van der Waals surface area contributed by atoms with Crippen LogP contribution in [-0.4, -0.2) is 41.3 Å². The third kappa shape index (κ3) is 6.48. The Bertz CT molecular complexity index is 1080. The first-order valence-corrected chi connectivity index (χ1v) is 11.5. The number of rotatable bonds is 7. The largest absolute Gasteiger partial charge is 0.356 e. The minimum atomic E-state index is -0.851. The van der Waals surface area contributed by atoms with Crippen molar-refractivity contribution >= 4 is 40.2 Å². The van der Waals surface area contributed by atoms with Gasteiger partial charge in [-0.25, -0.2) is 0 Å². The van der Waals surface area contributed by atoms with Crippen LogP contribution >= 0.6 is 11.6 Å². The Labute approximate surface area is 198 Å². The van der Waals surface area contributed by atoms with E-state index >= 15 is 0 Å². The van der Waals surface area contributed by atoms with Crippen LogP contribution in [0.4, 0.5) is 0 Å². The molecule has 3 rings (SSSR count). The number of hydrogen-bond acceptors (Lipinski definition) is 4. The average molecular weight is 472 g/mol. The van der Waals surface area contributed by atoms with Gasteiger partial charge in [-0.05, 0) is 43.2 Å². The number of carbonyl (C=O) groups excluding carboxylic acids is 3. The van der Waals surface area contributed by atoms with E-state index in [4.69, 9.17) is 11.6 Å². The number of hydrogen-bond donors (Lipinski definition) is 4. The molecule has 1 aromatic heterocycles. The van der Waals surface area contributed by atoms with Crippen LogP contribution in [0.1, 0.15) is 56.9 Å². The van der Waals surface area contributed by atoms with E-state index < -0.39 is 23.9 Å². The van der Waals surface area contributed by atoms with Gasteiger partial charge in [-0.2, -0.15) is 5.26 Å². The van der Waals surface area contributed by atoms with Crippen LogP contribution in [0.25, 0.3) is 10.9 Å². The third-order valence-electron chi connectivity index (χ3n) is 5.68. The van der Waals surface area contributed by atoms with Crippen molar-refractivity contribution in [2.45, 2.75) is 58.5 Å². The van der Waals surface area contributed by atoms with Gasteiger partial charge in [-0.15, -0.1) is 0 Å². The van der Waals surface area contributed by atoms with Crippen LogP contribution in [-0.2, 0) is 9.59 Å². The summed E-state index contributed by atoms with van der Waals surface area (Å²) in [6.45, 7) is 6.54. The molecule has 0 aliphatic carbocycles. The zero-order valence-corrected chi connectivity index (χ0v) is 19.9. The lowest BCUT2D eigenvalue weighted by molar-refractivity contribution is -0.128. The first-order valence-electron chi connectivity index (χ1n) is 11.1. The Kier molecular flexibility index (Phi) is 7.65. The number of nitrogens with zero attached hydrogens (tertiary/aromatic N) is 1. The van der Waals surface area contributed by atoms with Gasteiger partial charge < -0.3 is 20.9 Å². The van der Waals surface area contributed by atoms with Gasteiger partial charge in [0.1, 0.15) is 17.8 Å². The minimum Gasteiger partial charge on any atom is -0.356 e. The molecule has 1 aliphatic rings. The second kappa shape index (κ2) is 10.3. The van der Waals surface area contributed by atoms with Crippen molar-refractivity contribution in [3.63, 3.8) is 0 Å². The van der Waals surface area contributed by atoms with Gasteiger partial charge in [-0.1, -0.05) is 44.5 Å². The van der Waals surface area contributed by atoms with Gasteiger partial charge in [0.05, 0.1) is 16.6 Å². The van der Waals surface area contributed by atoms with Gasteiger partial charge in [0.2, 0.25) is 11.8 Å². The normalized spacial score (nSPS) is 18.2. The van der Waals surface area contributed by atoms with Crippen molar-refractivity contribution in [1.82, 2.24) is 20.9 Å². The molecule has 4 N–H and O–H groups in total. The Morgan fingerprint density at radius 2 is 2.06 bits per heavy atom. The molecule has 8 nitrogen and oxygen atoms in total. The van der Waals surface area contributed by atoms with E-state index in [1.54, 1.807) is 18.2 Å². The lowest BCUT2D eigenvalue weighted by Gasteiger charge is -2.28. The molecular formula is C24H30ClN5O3. The molecule has 2 heterocycles. The summed E-state index contributed by atoms with van der Waals surface area (Å²) >= 11 is 6.20. The smallest absolute Gasteiger partial charge is 0.268 e. The van der Waals surface area contributed by atoms with Gasteiger partial charge >= 0.3 is 0 Å². The minimum absolute atomic E-state index is 0.0900. The highest BCUT2D eigenvalue weighted by atomic mass is 35.5. The average Bonchev–Trinajstić information content (AvgIpc) is 3.19. The monoisotopic (exact) mass is 471 g/mol. The number of aromatic nitrogens is 1. The number of para-hydroxylation sites is 1. The fourth-order valence-corrected chi connectivity index (χ4v) is 4.29. The zero-order chi connectivity index (χ0) is 24.2. The van der Waals surface area contributed by atoms with Crippen molar-refractivity contribution < 1.29 is 14.4 Å². The molecule has 0 saturated carbocycles. The Hall–Kier alpha value is -3.05. The lowest BCUT2D eigenvalue weighted by atomic mass is 9.87. The van der Waals surface area contributed by atoms with Crippen LogP contribution in [0.3, 0.4) is 0 Å². The molecule has 0 unspecified atom stereocenters. The van der Waals surface area contributed by atoms with Crippen molar-refractivity contribution in [2.75, 3.05) is 6.54 Å². The SMILES string of the molecule is CC(C)(C)C[C@H](NC(=O)c1cc2cccc(Cl)c2[nH]1)C(=O)N[C@H](C#N)C[C@@H]1CCCNC1=O. The second-order valence-corrected chi connectivity index (χ2v) is 10.1. The predicted octanol–water partition coefficient (Wildman–Crippen LogP) is 3.28. The summed E-state index contributed by atoms with van der Waals surface area (Å²) < 4.78 is 0. The summed E-state index contributed by atoms with van der Waals surface area (Å²) in [7, 11) is 0. The molecule has 3 amide bonds. The fourth-order valence-electron chi connectivity index (χ4n) is 4.06. The molecule has 1 aromatic carbocycles. The number of aromatic amines is 1. The molecule has 9 heteroatoms. The molecule has 0 bridgehead atoms. The molecule has 2 aromatic rings. The van der Waals surface area contributed by atoms with E-state index in [1.807, 2.05) is 26.8 Å². The van der Waals surface area contributed by atoms with Gasteiger partial charge in [0, 0.05) is 17.8 Å². The molecule has 0 spiro atoms. The maximum Gasteiger partial charge on any atom is 0.268 e. The van der Waals surface area contributed by atoms with Crippen LogP contribution in [0.5, 0.6) is 0 Å². The molecule has 1 aliphatic heterocycles. The van der Waals surface area contributed by atoms with Crippen LogP contribution < -0.4 is 16.0 Å². The van der Waals surface area contributed by atoms with Gasteiger partial charge in [0.25, 0.3) is 5.91 Å². The molecule has 0 radical (unpaired) electrons. The first-order chi connectivity index (χ1) is 15.6. The quantitative estimate of drug-likeness (QED) is 0.494. The highest BCUT2D eigenvalue weighted by Gasteiger charge is 2.31. The van der Waals surface area contributed by atoms with Crippen LogP contribution in [0, 0.1) is 22.7 Å². The number of piperidine rings is 1. The van der Waals surface area contributed by atoms with Crippen LogP contribution in [0.2, 0.25) is 5.02 Å². The standard InChI is InChI=1S/C24H30ClN5O3/c1-24(2,3)12-19(23(33)28-16(13-26)10-15-7-5-9-27-21(15)31)30-22(32)18-11-14-6-4-8-17(25)20(14)29-18/h4,6,8,11,15-16,19,29H,5,7,9-10,12H2,1-3H3,(H,27,31)(H,28,33)(H,30,32)/t15-,16-,19-/m0/s1. The Morgan fingerprint density at radius 1 is 1.30 bits per heavy atom. The Balaban J connectivity index is 1.72. The van der Waals surface area contributed by atoms with Gasteiger partial charge in [0.15, 0.2) is 0 Å². The number of benzene rings is 1. The van der Waals surface area contributed by atoms with E-state index in [2.05, 4.69) is 27.0 Å². The number of nitrogens with one attached hydrogen (secondary N) is 4. The molecule has 1 fully saturated rings. The molecule has 1 saturated heterocycles. The molecule has 3 atom stereocenters.